The number of aromatic amines is 1. The van der Waals surface area contributed by atoms with E-state index in [0.717, 1.165) is 16.5 Å². The monoisotopic (exact) mass is 824 g/mol. The maximum atomic E-state index is 14.1. The van der Waals surface area contributed by atoms with Crippen molar-refractivity contribution in [2.75, 3.05) is 18.6 Å². The summed E-state index contributed by atoms with van der Waals surface area (Å²) in [6, 6.07) is 6.93. The summed E-state index contributed by atoms with van der Waals surface area (Å²) in [7, 11) is 0. The fourth-order valence-corrected chi connectivity index (χ4v) is 6.81. The zero-order valence-electron chi connectivity index (χ0n) is 33.9. The van der Waals surface area contributed by atoms with Crippen molar-refractivity contribution in [1.82, 2.24) is 31.6 Å². The Morgan fingerprint density at radius 2 is 1.28 bits per heavy atom. The van der Waals surface area contributed by atoms with Gasteiger partial charge in [-0.3, -0.25) is 24.0 Å². The highest BCUT2D eigenvalue weighted by molar-refractivity contribution is 7.98. The quantitative estimate of drug-likeness (QED) is 0.0581. The molecule has 0 radical (unpaired) electrons. The molecule has 1 aromatic heterocycles. The lowest BCUT2D eigenvalue weighted by molar-refractivity contribution is -0.144. The highest BCUT2D eigenvalue weighted by Gasteiger charge is 2.34. The number of nitrogens with two attached hydrogens (primary N) is 2. The van der Waals surface area contributed by atoms with Crippen LogP contribution in [-0.4, -0.2) is 106 Å². The second-order valence-corrected chi connectivity index (χ2v) is 16.1. The Balaban J connectivity index is 1.85. The third-order valence-electron chi connectivity index (χ3n) is 9.76. The van der Waals surface area contributed by atoms with E-state index in [1.807, 2.05) is 30.5 Å². The Kier molecular flexibility index (Phi) is 19.0. The summed E-state index contributed by atoms with van der Waals surface area (Å²) in [5, 5.41) is 33.9. The van der Waals surface area contributed by atoms with Gasteiger partial charge >= 0.3 is 5.97 Å². The van der Waals surface area contributed by atoms with Gasteiger partial charge in [0.25, 0.3) is 0 Å². The summed E-state index contributed by atoms with van der Waals surface area (Å²) in [5.74, 6) is -4.88. The maximum Gasteiger partial charge on any atom is 0.326 e. The molecular formula is C41H60N8O8S. The maximum absolute atomic E-state index is 14.1. The number of fused-ring (bicyclic) bond motifs is 1. The van der Waals surface area contributed by atoms with Crippen molar-refractivity contribution in [1.29, 1.82) is 0 Å². The molecule has 0 aliphatic carbocycles. The molecule has 58 heavy (non-hydrogen) atoms. The number of aromatic nitrogens is 1. The molecule has 3 rings (SSSR count). The van der Waals surface area contributed by atoms with Crippen molar-refractivity contribution in [2.45, 2.75) is 102 Å². The summed E-state index contributed by atoms with van der Waals surface area (Å²) >= 11 is 1.44. The predicted octanol–water partition coefficient (Wildman–Crippen LogP) is 1.69. The molecule has 12 N–H and O–H groups in total. The number of hydrogen-bond donors (Lipinski definition) is 10. The van der Waals surface area contributed by atoms with Gasteiger partial charge in [0.15, 0.2) is 0 Å². The zero-order chi connectivity index (χ0) is 42.9. The molecule has 0 saturated carbocycles. The van der Waals surface area contributed by atoms with E-state index in [2.05, 4.69) is 31.6 Å². The van der Waals surface area contributed by atoms with Gasteiger partial charge in [0.2, 0.25) is 29.5 Å². The number of carbonyl (C=O) groups excluding carboxylic acids is 5. The van der Waals surface area contributed by atoms with E-state index < -0.39 is 83.6 Å². The van der Waals surface area contributed by atoms with E-state index in [9.17, 15) is 39.0 Å². The summed E-state index contributed by atoms with van der Waals surface area (Å²) in [4.78, 5) is 83.7. The SMILES string of the molecule is CSCC[C@H](NC(=O)[C@H](Cc1ccc(O)cc1)NC(=O)[C@H](CCCCN)NC(=O)[C@@H](N)Cc1c[nH]c2ccccc12)C(=O)N[C@H](C(=O)N[C@H](C(=O)O)C(C)C)C(C)C. The van der Waals surface area contributed by atoms with Crippen LogP contribution >= 0.6 is 11.8 Å². The molecule has 16 nitrogen and oxygen atoms in total. The molecule has 0 saturated heterocycles. The van der Waals surface area contributed by atoms with Crippen LogP contribution < -0.4 is 38.1 Å². The van der Waals surface area contributed by atoms with E-state index in [1.54, 1.807) is 46.0 Å². The average molecular weight is 825 g/mol. The number of unbranched alkanes of at least 4 members (excludes halogenated alkanes) is 1. The van der Waals surface area contributed by atoms with Crippen molar-refractivity contribution in [3.05, 3.63) is 65.9 Å². The Morgan fingerprint density at radius 3 is 1.90 bits per heavy atom. The number of aromatic hydroxyl groups is 1. The number of carbonyl (C=O) groups is 6. The first kappa shape index (κ1) is 47.2. The van der Waals surface area contributed by atoms with Crippen molar-refractivity contribution in [3.63, 3.8) is 0 Å². The van der Waals surface area contributed by atoms with Gasteiger partial charge in [-0.15, -0.1) is 0 Å². The van der Waals surface area contributed by atoms with Gasteiger partial charge in [-0.25, -0.2) is 4.79 Å². The number of thioether (sulfide) groups is 1. The van der Waals surface area contributed by atoms with Crippen molar-refractivity contribution in [2.24, 2.45) is 23.3 Å². The first-order chi connectivity index (χ1) is 27.6. The second kappa shape index (κ2) is 23.3. The highest BCUT2D eigenvalue weighted by Crippen LogP contribution is 2.19. The van der Waals surface area contributed by atoms with Crippen LogP contribution in [0, 0.1) is 11.8 Å². The minimum absolute atomic E-state index is 0.000978. The Labute approximate surface area is 343 Å². The third-order valence-corrected chi connectivity index (χ3v) is 10.4. The Morgan fingerprint density at radius 1 is 0.707 bits per heavy atom. The number of hydrogen-bond acceptors (Lipinski definition) is 10. The molecular weight excluding hydrogens is 765 g/mol. The number of carboxylic acids is 1. The lowest BCUT2D eigenvalue weighted by Crippen LogP contribution is -2.60. The summed E-state index contributed by atoms with van der Waals surface area (Å²) in [6.45, 7) is 7.07. The summed E-state index contributed by atoms with van der Waals surface area (Å²) < 4.78 is 0. The van der Waals surface area contributed by atoms with Crippen LogP contribution in [0.25, 0.3) is 10.9 Å². The van der Waals surface area contributed by atoms with Gasteiger partial charge in [-0.05, 0) is 91.8 Å². The fourth-order valence-electron chi connectivity index (χ4n) is 6.34. The van der Waals surface area contributed by atoms with E-state index in [4.69, 9.17) is 11.5 Å². The fraction of sp³-hybridized carbons (Fsp3) is 0.512. The number of para-hydroxylation sites is 1. The van der Waals surface area contributed by atoms with Crippen LogP contribution in [0.4, 0.5) is 0 Å². The number of aliphatic carboxylic acids is 1. The smallest absolute Gasteiger partial charge is 0.326 e. The van der Waals surface area contributed by atoms with Crippen molar-refractivity contribution < 1.29 is 39.0 Å². The highest BCUT2D eigenvalue weighted by atomic mass is 32.2. The van der Waals surface area contributed by atoms with Crippen LogP contribution in [-0.2, 0) is 41.6 Å². The largest absolute Gasteiger partial charge is 0.508 e. The van der Waals surface area contributed by atoms with E-state index in [1.165, 1.54) is 23.9 Å². The molecule has 0 aliphatic rings. The van der Waals surface area contributed by atoms with Crippen LogP contribution in [0.15, 0.2) is 54.7 Å². The molecule has 3 aromatic rings. The molecule has 2 aromatic carbocycles. The van der Waals surface area contributed by atoms with E-state index in [0.29, 0.717) is 30.7 Å². The first-order valence-electron chi connectivity index (χ1n) is 19.6. The summed E-state index contributed by atoms with van der Waals surface area (Å²) in [5.41, 5.74) is 14.4. The van der Waals surface area contributed by atoms with Crippen molar-refractivity contribution >= 4 is 58.2 Å². The molecule has 0 fully saturated rings. The number of nitrogens with one attached hydrogen (secondary N) is 6. The topological polar surface area (TPSA) is 271 Å². The normalized spacial score (nSPS) is 14.5. The summed E-state index contributed by atoms with van der Waals surface area (Å²) in [6.07, 6.45) is 5.23. The average Bonchev–Trinajstić information content (AvgIpc) is 3.59. The molecule has 17 heteroatoms. The molecule has 0 spiro atoms. The molecule has 6 atom stereocenters. The number of benzene rings is 2. The third kappa shape index (κ3) is 14.4. The number of amides is 5. The minimum Gasteiger partial charge on any atom is -0.508 e. The molecule has 5 amide bonds. The molecule has 0 bridgehead atoms. The Bertz CT molecular complexity index is 1840. The van der Waals surface area contributed by atoms with Gasteiger partial charge in [-0.1, -0.05) is 58.0 Å². The Hall–Kier alpha value is -5.13. The molecule has 318 valence electrons. The van der Waals surface area contributed by atoms with Crippen LogP contribution in [0.3, 0.4) is 0 Å². The van der Waals surface area contributed by atoms with Crippen LogP contribution in [0.1, 0.15) is 64.5 Å². The van der Waals surface area contributed by atoms with Gasteiger partial charge < -0.3 is 53.2 Å². The predicted molar refractivity (Wildman–Crippen MR) is 225 cm³/mol. The van der Waals surface area contributed by atoms with Gasteiger partial charge in [0.05, 0.1) is 6.04 Å². The lowest BCUT2D eigenvalue weighted by atomic mass is 9.99. The second-order valence-electron chi connectivity index (χ2n) is 15.1. The number of carboxylic acid groups (broad SMARTS) is 1. The van der Waals surface area contributed by atoms with Crippen molar-refractivity contribution in [3.8, 4) is 5.75 Å². The molecule has 0 aliphatic heterocycles. The van der Waals surface area contributed by atoms with Gasteiger partial charge in [0.1, 0.15) is 36.0 Å². The van der Waals surface area contributed by atoms with Gasteiger partial charge in [0, 0.05) is 23.5 Å². The standard InChI is InChI=1S/C41H60N8O8S/c1-23(2)34(40(55)49-35(24(3)4)41(56)57)48-38(53)32(17-19-58-5)46-39(54)33(20-25-13-15-27(50)16-14-25)47-37(52)31(12-8-9-18-42)45-36(51)29(43)21-26-22-44-30-11-7-6-10-28(26)30/h6-7,10-11,13-16,22-24,29,31-35,44,50H,8-9,12,17-21,42-43H2,1-5H3,(H,45,51)(H,46,54)(H,47,52)(H,48,53)(H,49,55)(H,56,57)/t29-,31-,32-,33-,34-,35-/m0/s1. The lowest BCUT2D eigenvalue weighted by Gasteiger charge is -2.28. The van der Waals surface area contributed by atoms with Gasteiger partial charge in [-0.2, -0.15) is 11.8 Å². The van der Waals surface area contributed by atoms with E-state index in [-0.39, 0.29) is 31.4 Å². The molecule has 1 heterocycles. The van der Waals surface area contributed by atoms with E-state index >= 15 is 0 Å². The first-order valence-corrected chi connectivity index (χ1v) is 21.0. The number of phenols is 1. The number of phenolic OH excluding ortho intramolecular Hbond substituents is 1. The number of H-pyrrole nitrogens is 1. The van der Waals surface area contributed by atoms with Crippen LogP contribution in [0.2, 0.25) is 0 Å². The molecule has 0 unspecified atom stereocenters. The number of rotatable bonds is 24. The van der Waals surface area contributed by atoms with Crippen LogP contribution in [0.5, 0.6) is 5.75 Å². The minimum atomic E-state index is -1.25. The zero-order valence-corrected chi connectivity index (χ0v) is 34.7.